The highest BCUT2D eigenvalue weighted by molar-refractivity contribution is 7.99. The number of benzene rings is 2. The number of amides is 1. The largest absolute Gasteiger partial charge is 0.360 e. The Morgan fingerprint density at radius 2 is 2.04 bits per heavy atom. The minimum Gasteiger partial charge on any atom is -0.360 e. The molecule has 28 heavy (non-hydrogen) atoms. The van der Waals surface area contributed by atoms with Crippen molar-refractivity contribution in [2.45, 2.75) is 11.8 Å². The summed E-state index contributed by atoms with van der Waals surface area (Å²) in [6.45, 7) is 6.16. The third-order valence-corrected chi connectivity index (χ3v) is 6.02. The number of nitrogens with one attached hydrogen (secondary N) is 2. The van der Waals surface area contributed by atoms with E-state index in [0.29, 0.717) is 12.3 Å². The van der Waals surface area contributed by atoms with E-state index in [4.69, 9.17) is 16.9 Å². The van der Waals surface area contributed by atoms with Crippen molar-refractivity contribution in [3.8, 4) is 6.07 Å². The number of halogens is 1. The maximum Gasteiger partial charge on any atom is 0.279 e. The van der Waals surface area contributed by atoms with Crippen molar-refractivity contribution in [1.29, 1.82) is 5.26 Å². The van der Waals surface area contributed by atoms with Gasteiger partial charge in [-0.3, -0.25) is 4.79 Å². The van der Waals surface area contributed by atoms with Crippen LogP contribution in [-0.2, 0) is 4.79 Å². The van der Waals surface area contributed by atoms with Crippen molar-refractivity contribution in [3.05, 3.63) is 53.1 Å². The predicted octanol–water partition coefficient (Wildman–Crippen LogP) is 2.61. The first-order valence-corrected chi connectivity index (χ1v) is 10.7. The van der Waals surface area contributed by atoms with Gasteiger partial charge in [0.2, 0.25) is 0 Å². The van der Waals surface area contributed by atoms with Gasteiger partial charge in [0.1, 0.15) is 0 Å². The normalized spacial score (nSPS) is 14.5. The number of hydrogen-bond acceptors (Lipinski definition) is 4. The topological polar surface area (TPSA) is 60.6 Å². The molecular weight excluding hydrogens is 392 g/mol. The summed E-state index contributed by atoms with van der Waals surface area (Å²) in [6.07, 6.45) is 0. The number of thioether (sulfide) groups is 1. The maximum absolute atomic E-state index is 12.5. The van der Waals surface area contributed by atoms with E-state index in [-0.39, 0.29) is 5.91 Å². The lowest BCUT2D eigenvalue weighted by Crippen LogP contribution is -3.15. The number of anilines is 2. The van der Waals surface area contributed by atoms with Crippen LogP contribution in [0.3, 0.4) is 0 Å². The maximum atomic E-state index is 12.5. The Morgan fingerprint density at radius 3 is 2.79 bits per heavy atom. The minimum atomic E-state index is 0.00685. The van der Waals surface area contributed by atoms with Crippen LogP contribution in [0.5, 0.6) is 0 Å². The Balaban J connectivity index is 1.53. The zero-order valence-electron chi connectivity index (χ0n) is 15.9. The lowest BCUT2D eigenvalue weighted by Gasteiger charge is -2.34. The molecule has 2 aromatic carbocycles. The number of aryl methyl sites for hydroxylation is 1. The SMILES string of the molecule is Cc1ccc(Cl)cc1N1CC[NH+](CC(=O)Nc2ccccc2SCC#N)CC1. The van der Waals surface area contributed by atoms with Gasteiger partial charge in [-0.1, -0.05) is 29.8 Å². The predicted molar refractivity (Wildman–Crippen MR) is 115 cm³/mol. The number of carbonyl (C=O) groups excluding carboxylic acids is 1. The van der Waals surface area contributed by atoms with Gasteiger partial charge in [0.05, 0.1) is 43.7 Å². The molecule has 7 heteroatoms. The van der Waals surface area contributed by atoms with Crippen molar-refractivity contribution in [1.82, 2.24) is 0 Å². The third kappa shape index (κ3) is 5.41. The van der Waals surface area contributed by atoms with E-state index in [2.05, 4.69) is 23.2 Å². The third-order valence-electron chi connectivity index (χ3n) is 4.85. The van der Waals surface area contributed by atoms with Crippen molar-refractivity contribution in [2.75, 3.05) is 48.7 Å². The number of nitrogens with zero attached hydrogens (tertiary/aromatic N) is 2. The summed E-state index contributed by atoms with van der Waals surface area (Å²) in [6, 6.07) is 15.7. The highest BCUT2D eigenvalue weighted by atomic mass is 35.5. The molecule has 0 aromatic heterocycles. The van der Waals surface area contributed by atoms with Gasteiger partial charge in [0.15, 0.2) is 6.54 Å². The van der Waals surface area contributed by atoms with Gasteiger partial charge < -0.3 is 15.1 Å². The second kappa shape index (κ2) is 9.83. The van der Waals surface area contributed by atoms with Crippen LogP contribution in [-0.4, -0.2) is 44.4 Å². The number of hydrogen-bond donors (Lipinski definition) is 2. The molecule has 1 heterocycles. The van der Waals surface area contributed by atoms with Crippen LogP contribution >= 0.6 is 23.4 Å². The number of piperazine rings is 1. The number of nitriles is 1. The second-order valence-corrected chi connectivity index (χ2v) is 8.29. The van der Waals surface area contributed by atoms with Crippen molar-refractivity contribution >= 4 is 40.6 Å². The summed E-state index contributed by atoms with van der Waals surface area (Å²) in [5, 5.41) is 12.5. The summed E-state index contributed by atoms with van der Waals surface area (Å²) >= 11 is 7.59. The molecule has 3 rings (SSSR count). The van der Waals surface area contributed by atoms with Crippen molar-refractivity contribution in [3.63, 3.8) is 0 Å². The molecule has 1 aliphatic heterocycles. The van der Waals surface area contributed by atoms with Crippen LogP contribution in [0.1, 0.15) is 5.56 Å². The Morgan fingerprint density at radius 1 is 1.29 bits per heavy atom. The van der Waals surface area contributed by atoms with Crippen molar-refractivity contribution < 1.29 is 9.69 Å². The van der Waals surface area contributed by atoms with E-state index in [1.165, 1.54) is 27.9 Å². The fourth-order valence-corrected chi connectivity index (χ4v) is 4.23. The molecule has 0 spiro atoms. The van der Waals surface area contributed by atoms with Gasteiger partial charge in [-0.05, 0) is 36.8 Å². The highest BCUT2D eigenvalue weighted by Crippen LogP contribution is 2.26. The Hall–Kier alpha value is -2.20. The average molecular weight is 416 g/mol. The molecule has 5 nitrogen and oxygen atoms in total. The summed E-state index contributed by atoms with van der Waals surface area (Å²) in [5.41, 5.74) is 3.18. The van der Waals surface area contributed by atoms with E-state index in [0.717, 1.165) is 41.8 Å². The van der Waals surface area contributed by atoms with Crippen LogP contribution in [0.4, 0.5) is 11.4 Å². The molecule has 0 radical (unpaired) electrons. The minimum absolute atomic E-state index is 0.00685. The molecule has 1 saturated heterocycles. The van der Waals surface area contributed by atoms with Crippen LogP contribution in [0, 0.1) is 18.3 Å². The fraction of sp³-hybridized carbons (Fsp3) is 0.333. The monoisotopic (exact) mass is 415 g/mol. The van der Waals surface area contributed by atoms with E-state index >= 15 is 0 Å². The van der Waals surface area contributed by atoms with E-state index < -0.39 is 0 Å². The Bertz CT molecular complexity index is 875. The average Bonchev–Trinajstić information content (AvgIpc) is 2.70. The van der Waals surface area contributed by atoms with Crippen molar-refractivity contribution in [2.24, 2.45) is 0 Å². The first kappa shape index (κ1) is 20.5. The van der Waals surface area contributed by atoms with Gasteiger partial charge in [-0.25, -0.2) is 0 Å². The molecule has 1 fully saturated rings. The molecule has 2 aromatic rings. The lowest BCUT2D eigenvalue weighted by atomic mass is 10.1. The molecule has 0 saturated carbocycles. The summed E-state index contributed by atoms with van der Waals surface area (Å²) in [7, 11) is 0. The zero-order chi connectivity index (χ0) is 19.9. The fourth-order valence-electron chi connectivity index (χ4n) is 3.39. The first-order chi connectivity index (χ1) is 13.6. The molecule has 0 bridgehead atoms. The quantitative estimate of drug-likeness (QED) is 0.712. The summed E-state index contributed by atoms with van der Waals surface area (Å²) in [4.78, 5) is 17.1. The van der Waals surface area contributed by atoms with Gasteiger partial charge >= 0.3 is 0 Å². The standard InChI is InChI=1S/C21H23ClN4OS/c1-16-6-7-17(22)14-19(16)26-11-9-25(10-12-26)15-21(27)24-18-4-2-3-5-20(18)28-13-8-23/h2-7,14H,9-13,15H2,1H3,(H,24,27)/p+1. The lowest BCUT2D eigenvalue weighted by molar-refractivity contribution is -0.892. The Kier molecular flexibility index (Phi) is 7.21. The highest BCUT2D eigenvalue weighted by Gasteiger charge is 2.23. The van der Waals surface area contributed by atoms with Gasteiger partial charge in [0.25, 0.3) is 5.91 Å². The number of carbonyl (C=O) groups is 1. The molecular formula is C21H24ClN4OS+. The van der Waals surface area contributed by atoms with Gasteiger partial charge in [-0.2, -0.15) is 5.26 Å². The first-order valence-electron chi connectivity index (χ1n) is 9.30. The Labute approximate surface area is 175 Å². The van der Waals surface area contributed by atoms with E-state index in [9.17, 15) is 4.79 Å². The van der Waals surface area contributed by atoms with Crippen LogP contribution < -0.4 is 15.1 Å². The van der Waals surface area contributed by atoms with Gasteiger partial charge in [0, 0.05) is 15.6 Å². The molecule has 0 aliphatic carbocycles. The summed E-state index contributed by atoms with van der Waals surface area (Å²) < 4.78 is 0. The molecule has 146 valence electrons. The van der Waals surface area contributed by atoms with Crippen LogP contribution in [0.2, 0.25) is 5.02 Å². The number of rotatable bonds is 6. The molecule has 1 aliphatic rings. The van der Waals surface area contributed by atoms with Gasteiger partial charge in [-0.15, -0.1) is 11.8 Å². The van der Waals surface area contributed by atoms with Crippen LogP contribution in [0.15, 0.2) is 47.4 Å². The molecule has 0 atom stereocenters. The molecule has 0 unspecified atom stereocenters. The van der Waals surface area contributed by atoms with E-state index in [1.807, 2.05) is 42.5 Å². The summed E-state index contributed by atoms with van der Waals surface area (Å²) in [5.74, 6) is 0.371. The molecule has 2 N–H and O–H groups in total. The number of para-hydroxylation sites is 1. The second-order valence-electron chi connectivity index (χ2n) is 6.84. The molecule has 1 amide bonds. The van der Waals surface area contributed by atoms with E-state index in [1.54, 1.807) is 0 Å². The smallest absolute Gasteiger partial charge is 0.279 e. The van der Waals surface area contributed by atoms with Crippen LogP contribution in [0.25, 0.3) is 0 Å². The number of quaternary nitrogens is 1. The zero-order valence-corrected chi connectivity index (χ0v) is 17.4.